The number of hydrogen-bond donors (Lipinski definition) is 3. The van der Waals surface area contributed by atoms with Gasteiger partial charge in [-0.05, 0) is 31.5 Å². The molecule has 2 aromatic rings. The minimum absolute atomic E-state index is 0.0513. The molecular weight excluding hydrogens is 274 g/mol. The van der Waals surface area contributed by atoms with Crippen molar-refractivity contribution in [1.29, 1.82) is 0 Å². The quantitative estimate of drug-likeness (QED) is 0.736. The number of rotatable bonds is 5. The molecule has 1 aromatic carbocycles. The molecule has 0 aliphatic rings. The Morgan fingerprint density at radius 1 is 1.55 bits per heavy atom. The molecule has 0 aliphatic heterocycles. The summed E-state index contributed by atoms with van der Waals surface area (Å²) in [5, 5.41) is 13.2. The van der Waals surface area contributed by atoms with Gasteiger partial charge >= 0.3 is 5.97 Å². The highest BCUT2D eigenvalue weighted by atomic mass is 32.1. The first kappa shape index (κ1) is 14.3. The normalized spacial score (nSPS) is 12.1. The number of nitrogen functional groups attached to an aromatic ring is 1. The van der Waals surface area contributed by atoms with Gasteiger partial charge in [-0.25, -0.2) is 9.78 Å². The maximum atomic E-state index is 10.9. The van der Waals surface area contributed by atoms with Gasteiger partial charge in [0.15, 0.2) is 0 Å². The summed E-state index contributed by atoms with van der Waals surface area (Å²) in [5.41, 5.74) is 6.88. The number of anilines is 2. The molecule has 0 aliphatic carbocycles. The Labute approximate surface area is 121 Å². The number of nitrogens with zero attached hydrogens (tertiary/aromatic N) is 1. The third-order valence-corrected chi connectivity index (χ3v) is 4.28. The fourth-order valence-corrected chi connectivity index (χ4v) is 2.70. The number of aromatic nitrogens is 1. The zero-order valence-corrected chi connectivity index (χ0v) is 12.2. The monoisotopic (exact) mass is 291 g/mol. The van der Waals surface area contributed by atoms with Gasteiger partial charge < -0.3 is 16.2 Å². The van der Waals surface area contributed by atoms with E-state index < -0.39 is 5.97 Å². The molecule has 106 valence electrons. The molecule has 20 heavy (non-hydrogen) atoms. The molecule has 0 spiro atoms. The number of carboxylic acid groups (broad SMARTS) is 1. The van der Waals surface area contributed by atoms with Gasteiger partial charge in [0, 0.05) is 22.4 Å². The summed E-state index contributed by atoms with van der Waals surface area (Å²) in [6, 6.07) is 4.90. The molecule has 6 heteroatoms. The maximum absolute atomic E-state index is 10.9. The third-order valence-electron chi connectivity index (χ3n) is 2.96. The molecule has 5 nitrogen and oxygen atoms in total. The summed E-state index contributed by atoms with van der Waals surface area (Å²) in [7, 11) is 0. The zero-order valence-electron chi connectivity index (χ0n) is 11.4. The Kier molecular flexibility index (Phi) is 4.24. The van der Waals surface area contributed by atoms with Crippen LogP contribution in [0.25, 0.3) is 0 Å². The minimum Gasteiger partial charge on any atom is -0.478 e. The van der Waals surface area contributed by atoms with Gasteiger partial charge in [-0.3, -0.25) is 0 Å². The predicted molar refractivity (Wildman–Crippen MR) is 81.3 cm³/mol. The molecule has 1 aromatic heterocycles. The van der Waals surface area contributed by atoms with Crippen molar-refractivity contribution in [2.24, 2.45) is 0 Å². The van der Waals surface area contributed by atoms with Crippen molar-refractivity contribution in [3.8, 4) is 0 Å². The summed E-state index contributed by atoms with van der Waals surface area (Å²) < 4.78 is 0. The van der Waals surface area contributed by atoms with Gasteiger partial charge in [0.2, 0.25) is 0 Å². The topological polar surface area (TPSA) is 88.2 Å². The first-order valence-electron chi connectivity index (χ1n) is 6.35. The SMILES string of the molecule is CCc1cnc(C(C)Nc2ccc(C(=O)O)c(N)c2)s1. The minimum atomic E-state index is -1.02. The second kappa shape index (κ2) is 5.92. The highest BCUT2D eigenvalue weighted by Crippen LogP contribution is 2.25. The third kappa shape index (κ3) is 3.08. The van der Waals surface area contributed by atoms with Crippen LogP contribution in [0.15, 0.2) is 24.4 Å². The molecule has 1 unspecified atom stereocenters. The number of hydrogen-bond acceptors (Lipinski definition) is 5. The number of thiazole rings is 1. The molecule has 1 atom stereocenters. The Balaban J connectivity index is 2.13. The van der Waals surface area contributed by atoms with Gasteiger partial charge in [-0.1, -0.05) is 6.92 Å². The van der Waals surface area contributed by atoms with Crippen LogP contribution in [-0.4, -0.2) is 16.1 Å². The lowest BCUT2D eigenvalue weighted by Crippen LogP contribution is -2.08. The molecule has 0 fully saturated rings. The Morgan fingerprint density at radius 3 is 2.85 bits per heavy atom. The number of aryl methyl sites for hydroxylation is 1. The number of benzene rings is 1. The van der Waals surface area contributed by atoms with Crippen LogP contribution >= 0.6 is 11.3 Å². The van der Waals surface area contributed by atoms with E-state index in [-0.39, 0.29) is 17.3 Å². The standard InChI is InChI=1S/C14H17N3O2S/c1-3-10-7-16-13(20-10)8(2)17-9-4-5-11(14(18)19)12(15)6-9/h4-8,17H,3,15H2,1-2H3,(H,18,19). The van der Waals surface area contributed by atoms with E-state index in [0.717, 1.165) is 17.1 Å². The molecule has 0 saturated heterocycles. The first-order valence-corrected chi connectivity index (χ1v) is 7.17. The Bertz CT molecular complexity index is 625. The number of nitrogens with two attached hydrogens (primary N) is 1. The Morgan fingerprint density at radius 2 is 2.30 bits per heavy atom. The van der Waals surface area contributed by atoms with E-state index in [4.69, 9.17) is 10.8 Å². The van der Waals surface area contributed by atoms with Crippen molar-refractivity contribution >= 4 is 28.7 Å². The van der Waals surface area contributed by atoms with Crippen LogP contribution in [0.3, 0.4) is 0 Å². The van der Waals surface area contributed by atoms with Crippen LogP contribution < -0.4 is 11.1 Å². The van der Waals surface area contributed by atoms with E-state index in [1.54, 1.807) is 23.5 Å². The summed E-state index contributed by atoms with van der Waals surface area (Å²) in [6.45, 7) is 4.11. The highest BCUT2D eigenvalue weighted by molar-refractivity contribution is 7.11. The lowest BCUT2D eigenvalue weighted by atomic mass is 10.1. The van der Waals surface area contributed by atoms with Crippen molar-refractivity contribution in [2.75, 3.05) is 11.1 Å². The lowest BCUT2D eigenvalue weighted by molar-refractivity contribution is 0.0698. The van der Waals surface area contributed by atoms with Crippen LogP contribution in [0.5, 0.6) is 0 Å². The van der Waals surface area contributed by atoms with Crippen molar-refractivity contribution in [3.63, 3.8) is 0 Å². The van der Waals surface area contributed by atoms with Gasteiger partial charge in [0.05, 0.1) is 11.6 Å². The van der Waals surface area contributed by atoms with Gasteiger partial charge in [0.25, 0.3) is 0 Å². The van der Waals surface area contributed by atoms with Crippen LogP contribution in [-0.2, 0) is 6.42 Å². The predicted octanol–water partition coefficient (Wildman–Crippen LogP) is 3.16. The molecule has 2 rings (SSSR count). The van der Waals surface area contributed by atoms with Crippen LogP contribution in [0.1, 0.15) is 40.1 Å². The molecule has 0 amide bonds. The summed E-state index contributed by atoms with van der Waals surface area (Å²) >= 11 is 1.67. The Hall–Kier alpha value is -2.08. The zero-order chi connectivity index (χ0) is 14.7. The summed E-state index contributed by atoms with van der Waals surface area (Å²) in [6.07, 6.45) is 2.87. The van der Waals surface area contributed by atoms with E-state index in [0.29, 0.717) is 0 Å². The largest absolute Gasteiger partial charge is 0.478 e. The number of aromatic carboxylic acids is 1. The van der Waals surface area contributed by atoms with Crippen molar-refractivity contribution in [2.45, 2.75) is 26.3 Å². The fraction of sp³-hybridized carbons (Fsp3) is 0.286. The molecule has 0 bridgehead atoms. The van der Waals surface area contributed by atoms with E-state index in [1.165, 1.54) is 10.9 Å². The smallest absolute Gasteiger partial charge is 0.337 e. The van der Waals surface area contributed by atoms with Gasteiger partial charge in [0.1, 0.15) is 5.01 Å². The average molecular weight is 291 g/mol. The van der Waals surface area contributed by atoms with E-state index in [9.17, 15) is 4.79 Å². The van der Waals surface area contributed by atoms with E-state index >= 15 is 0 Å². The number of carbonyl (C=O) groups is 1. The van der Waals surface area contributed by atoms with Crippen LogP contribution in [0.2, 0.25) is 0 Å². The van der Waals surface area contributed by atoms with Gasteiger partial charge in [-0.2, -0.15) is 0 Å². The van der Waals surface area contributed by atoms with Crippen LogP contribution in [0, 0.1) is 0 Å². The number of nitrogens with one attached hydrogen (secondary N) is 1. The first-order chi connectivity index (χ1) is 9.51. The molecule has 4 N–H and O–H groups in total. The van der Waals surface area contributed by atoms with E-state index in [1.807, 2.05) is 13.1 Å². The number of carboxylic acids is 1. The van der Waals surface area contributed by atoms with E-state index in [2.05, 4.69) is 17.2 Å². The van der Waals surface area contributed by atoms with Crippen molar-refractivity contribution in [1.82, 2.24) is 4.98 Å². The van der Waals surface area contributed by atoms with Crippen molar-refractivity contribution < 1.29 is 9.90 Å². The van der Waals surface area contributed by atoms with Crippen molar-refractivity contribution in [3.05, 3.63) is 39.8 Å². The average Bonchev–Trinajstić information content (AvgIpc) is 2.87. The second-order valence-electron chi connectivity index (χ2n) is 4.49. The van der Waals surface area contributed by atoms with Gasteiger partial charge in [-0.15, -0.1) is 11.3 Å². The molecule has 0 radical (unpaired) electrons. The molecule has 0 saturated carbocycles. The summed E-state index contributed by atoms with van der Waals surface area (Å²) in [4.78, 5) is 16.5. The molecule has 1 heterocycles. The summed E-state index contributed by atoms with van der Waals surface area (Å²) in [5.74, 6) is -1.02. The second-order valence-corrected chi connectivity index (χ2v) is 5.64. The lowest BCUT2D eigenvalue weighted by Gasteiger charge is -2.13. The fourth-order valence-electron chi connectivity index (χ4n) is 1.85. The highest BCUT2D eigenvalue weighted by Gasteiger charge is 2.12. The maximum Gasteiger partial charge on any atom is 0.337 e. The van der Waals surface area contributed by atoms with Crippen LogP contribution in [0.4, 0.5) is 11.4 Å². The molecular formula is C14H17N3O2S.